The molecular formula is C22H36N4O2. The summed E-state index contributed by atoms with van der Waals surface area (Å²) in [5.41, 5.74) is 2.34. The standard InChI is InChI=1S/C22H36N4O2/c1-6-27-20-12-17-11-16(4)28-21(17)13-18(20)14-24-22(23-5)25-19-7-9-26(10-8-19)15(2)3/h12-13,15-16,19H,6-11,14H2,1-5H3,(H2,23,24,25). The maximum atomic E-state index is 5.93. The second-order valence-corrected chi connectivity index (χ2v) is 8.11. The van der Waals surface area contributed by atoms with E-state index in [1.807, 2.05) is 14.0 Å². The van der Waals surface area contributed by atoms with Gasteiger partial charge in [0.05, 0.1) is 6.61 Å². The lowest BCUT2D eigenvalue weighted by Gasteiger charge is -2.35. The van der Waals surface area contributed by atoms with E-state index < -0.39 is 0 Å². The summed E-state index contributed by atoms with van der Waals surface area (Å²) >= 11 is 0. The molecule has 28 heavy (non-hydrogen) atoms. The van der Waals surface area contributed by atoms with Crippen LogP contribution >= 0.6 is 0 Å². The molecule has 1 aromatic carbocycles. The molecule has 1 unspecified atom stereocenters. The molecule has 156 valence electrons. The molecule has 0 bridgehead atoms. The van der Waals surface area contributed by atoms with Gasteiger partial charge in [-0.3, -0.25) is 4.99 Å². The van der Waals surface area contributed by atoms with E-state index in [1.165, 1.54) is 5.56 Å². The van der Waals surface area contributed by atoms with Gasteiger partial charge in [0.2, 0.25) is 0 Å². The summed E-state index contributed by atoms with van der Waals surface area (Å²) in [6, 6.07) is 5.35. The second kappa shape index (κ2) is 9.50. The summed E-state index contributed by atoms with van der Waals surface area (Å²) < 4.78 is 11.8. The normalized spacial score (nSPS) is 20.8. The SMILES string of the molecule is CCOc1cc2c(cc1CNC(=NC)NC1CCN(C(C)C)CC1)OC(C)C2. The molecule has 1 saturated heterocycles. The average molecular weight is 389 g/mol. The van der Waals surface area contributed by atoms with E-state index in [2.05, 4.69) is 53.4 Å². The zero-order valence-electron chi connectivity index (χ0n) is 18.0. The number of nitrogens with one attached hydrogen (secondary N) is 2. The van der Waals surface area contributed by atoms with Crippen LogP contribution in [0.2, 0.25) is 0 Å². The molecule has 1 aromatic rings. The Balaban J connectivity index is 1.59. The first kappa shape index (κ1) is 20.8. The average Bonchev–Trinajstić information content (AvgIpc) is 3.04. The summed E-state index contributed by atoms with van der Waals surface area (Å²) in [6.07, 6.45) is 3.47. The van der Waals surface area contributed by atoms with Crippen LogP contribution in [-0.4, -0.2) is 55.8 Å². The number of hydrogen-bond donors (Lipinski definition) is 2. The van der Waals surface area contributed by atoms with E-state index >= 15 is 0 Å². The molecular weight excluding hydrogens is 352 g/mol. The molecule has 2 aliphatic rings. The molecule has 3 rings (SSSR count). The van der Waals surface area contributed by atoms with Gasteiger partial charge in [0, 0.05) is 56.3 Å². The summed E-state index contributed by atoms with van der Waals surface area (Å²) in [5, 5.41) is 7.04. The van der Waals surface area contributed by atoms with Crippen molar-refractivity contribution in [1.82, 2.24) is 15.5 Å². The molecule has 0 aromatic heterocycles. The van der Waals surface area contributed by atoms with Crippen LogP contribution in [0.15, 0.2) is 17.1 Å². The Morgan fingerprint density at radius 2 is 2.07 bits per heavy atom. The predicted octanol–water partition coefficient (Wildman–Crippen LogP) is 2.95. The minimum absolute atomic E-state index is 0.235. The van der Waals surface area contributed by atoms with Crippen LogP contribution in [0.1, 0.15) is 51.7 Å². The number of hydrogen-bond acceptors (Lipinski definition) is 4. The van der Waals surface area contributed by atoms with Crippen molar-refractivity contribution in [2.75, 3.05) is 26.7 Å². The van der Waals surface area contributed by atoms with Crippen molar-refractivity contribution in [3.63, 3.8) is 0 Å². The zero-order valence-corrected chi connectivity index (χ0v) is 18.0. The van der Waals surface area contributed by atoms with Crippen molar-refractivity contribution < 1.29 is 9.47 Å². The number of fused-ring (bicyclic) bond motifs is 1. The molecule has 1 fully saturated rings. The molecule has 6 nitrogen and oxygen atoms in total. The molecule has 0 amide bonds. The third-order valence-electron chi connectivity index (χ3n) is 5.65. The van der Waals surface area contributed by atoms with Crippen molar-refractivity contribution in [2.24, 2.45) is 4.99 Å². The number of nitrogens with zero attached hydrogens (tertiary/aromatic N) is 2. The number of rotatable bonds is 6. The van der Waals surface area contributed by atoms with E-state index in [1.54, 1.807) is 0 Å². The number of ether oxygens (including phenoxy) is 2. The van der Waals surface area contributed by atoms with Crippen molar-refractivity contribution >= 4 is 5.96 Å². The molecule has 6 heteroatoms. The van der Waals surface area contributed by atoms with E-state index in [0.29, 0.717) is 25.2 Å². The van der Waals surface area contributed by atoms with Crippen molar-refractivity contribution in [3.05, 3.63) is 23.3 Å². The van der Waals surface area contributed by atoms with Gasteiger partial charge in [-0.15, -0.1) is 0 Å². The zero-order chi connectivity index (χ0) is 20.1. The van der Waals surface area contributed by atoms with Gasteiger partial charge in [-0.05, 0) is 52.7 Å². The molecule has 2 heterocycles. The van der Waals surface area contributed by atoms with Gasteiger partial charge in [0.25, 0.3) is 0 Å². The van der Waals surface area contributed by atoms with Gasteiger partial charge in [0.15, 0.2) is 5.96 Å². The third kappa shape index (κ3) is 5.10. The Bertz CT molecular complexity index is 681. The van der Waals surface area contributed by atoms with Crippen molar-refractivity contribution in [3.8, 4) is 11.5 Å². The second-order valence-electron chi connectivity index (χ2n) is 8.11. The fourth-order valence-electron chi connectivity index (χ4n) is 4.04. The molecule has 2 aliphatic heterocycles. The Labute approximate surface area is 169 Å². The van der Waals surface area contributed by atoms with Gasteiger partial charge in [-0.2, -0.15) is 0 Å². The minimum atomic E-state index is 0.235. The first-order chi connectivity index (χ1) is 13.5. The van der Waals surface area contributed by atoms with E-state index in [9.17, 15) is 0 Å². The highest BCUT2D eigenvalue weighted by Crippen LogP contribution is 2.35. The fraction of sp³-hybridized carbons (Fsp3) is 0.682. The van der Waals surface area contributed by atoms with Gasteiger partial charge in [-0.25, -0.2) is 0 Å². The highest BCUT2D eigenvalue weighted by Gasteiger charge is 2.23. The number of likely N-dealkylation sites (tertiary alicyclic amines) is 1. The molecule has 0 aliphatic carbocycles. The summed E-state index contributed by atoms with van der Waals surface area (Å²) in [5.74, 6) is 2.77. The van der Waals surface area contributed by atoms with Gasteiger partial charge < -0.3 is 25.0 Å². The van der Waals surface area contributed by atoms with Crippen molar-refractivity contribution in [1.29, 1.82) is 0 Å². The lowest BCUT2D eigenvalue weighted by molar-refractivity contribution is 0.167. The maximum Gasteiger partial charge on any atom is 0.191 e. The number of benzene rings is 1. The lowest BCUT2D eigenvalue weighted by Crippen LogP contribution is -2.49. The first-order valence-electron chi connectivity index (χ1n) is 10.7. The fourth-order valence-corrected chi connectivity index (χ4v) is 4.04. The largest absolute Gasteiger partial charge is 0.494 e. The van der Waals surface area contributed by atoms with Crippen LogP contribution < -0.4 is 20.1 Å². The molecule has 0 spiro atoms. The van der Waals surface area contributed by atoms with E-state index in [-0.39, 0.29) is 6.10 Å². The summed E-state index contributed by atoms with van der Waals surface area (Å²) in [4.78, 5) is 6.96. The quantitative estimate of drug-likeness (QED) is 0.580. The molecule has 0 saturated carbocycles. The van der Waals surface area contributed by atoms with E-state index in [4.69, 9.17) is 9.47 Å². The highest BCUT2D eigenvalue weighted by atomic mass is 16.5. The number of piperidine rings is 1. The van der Waals surface area contributed by atoms with Crippen LogP contribution in [0, 0.1) is 0 Å². The maximum absolute atomic E-state index is 5.93. The summed E-state index contributed by atoms with van der Waals surface area (Å²) in [6.45, 7) is 12.3. The van der Waals surface area contributed by atoms with Crippen LogP contribution in [0.3, 0.4) is 0 Å². The Hall–Kier alpha value is -1.95. The first-order valence-corrected chi connectivity index (χ1v) is 10.7. The number of aliphatic imine (C=N–C) groups is 1. The van der Waals surface area contributed by atoms with E-state index in [0.717, 1.165) is 55.4 Å². The van der Waals surface area contributed by atoms with Crippen LogP contribution in [0.4, 0.5) is 0 Å². The Kier molecular flexibility index (Phi) is 7.05. The van der Waals surface area contributed by atoms with Gasteiger partial charge in [0.1, 0.15) is 17.6 Å². The Morgan fingerprint density at radius 1 is 1.32 bits per heavy atom. The van der Waals surface area contributed by atoms with Crippen molar-refractivity contribution in [2.45, 2.75) is 71.7 Å². The number of guanidine groups is 1. The van der Waals surface area contributed by atoms with Crippen LogP contribution in [0.25, 0.3) is 0 Å². The molecule has 1 atom stereocenters. The van der Waals surface area contributed by atoms with Gasteiger partial charge in [-0.1, -0.05) is 0 Å². The topological polar surface area (TPSA) is 58.1 Å². The predicted molar refractivity (Wildman–Crippen MR) is 114 cm³/mol. The summed E-state index contributed by atoms with van der Waals surface area (Å²) in [7, 11) is 1.83. The highest BCUT2D eigenvalue weighted by molar-refractivity contribution is 5.80. The minimum Gasteiger partial charge on any atom is -0.494 e. The smallest absolute Gasteiger partial charge is 0.191 e. The van der Waals surface area contributed by atoms with Gasteiger partial charge >= 0.3 is 0 Å². The monoisotopic (exact) mass is 388 g/mol. The lowest BCUT2D eigenvalue weighted by atomic mass is 10.0. The third-order valence-corrected chi connectivity index (χ3v) is 5.65. The molecule has 0 radical (unpaired) electrons. The molecule has 2 N–H and O–H groups in total. The Morgan fingerprint density at radius 3 is 2.71 bits per heavy atom. The van der Waals surface area contributed by atoms with Crippen LogP contribution in [0.5, 0.6) is 11.5 Å². The van der Waals surface area contributed by atoms with Crippen LogP contribution in [-0.2, 0) is 13.0 Å².